The SMILES string of the molecule is Cc1ccc2nc(C(=O)NC3CC(C)CC(C)(C)C3)nc(NC3CCCCC3N=C(N)N)c2c1.O=C(O)C(F)(F)F.O=C(O)C(F)(F)F. The van der Waals surface area contributed by atoms with E-state index in [1.54, 1.807) is 0 Å². The van der Waals surface area contributed by atoms with E-state index in [0.717, 1.165) is 55.0 Å². The van der Waals surface area contributed by atoms with Gasteiger partial charge in [-0.3, -0.25) is 4.79 Å². The van der Waals surface area contributed by atoms with E-state index >= 15 is 0 Å². The minimum Gasteiger partial charge on any atom is -0.475 e. The molecule has 48 heavy (non-hydrogen) atoms. The second-order valence-electron chi connectivity index (χ2n) is 12.8. The van der Waals surface area contributed by atoms with Gasteiger partial charge in [-0.2, -0.15) is 26.3 Å². The number of anilines is 1. The molecule has 4 unspecified atom stereocenters. The van der Waals surface area contributed by atoms with Gasteiger partial charge in [0.2, 0.25) is 5.82 Å². The molecule has 4 rings (SSSR count). The second-order valence-corrected chi connectivity index (χ2v) is 12.8. The Morgan fingerprint density at radius 2 is 1.52 bits per heavy atom. The summed E-state index contributed by atoms with van der Waals surface area (Å²) < 4.78 is 63.5. The Morgan fingerprint density at radius 3 is 2.04 bits per heavy atom. The van der Waals surface area contributed by atoms with Crippen LogP contribution in [0, 0.1) is 18.3 Å². The highest BCUT2D eigenvalue weighted by Crippen LogP contribution is 2.38. The molecule has 2 saturated carbocycles. The molecule has 1 heterocycles. The van der Waals surface area contributed by atoms with E-state index in [-0.39, 0.29) is 41.2 Å². The molecule has 12 nitrogen and oxygen atoms in total. The molecule has 2 aliphatic rings. The monoisotopic (exact) mass is 693 g/mol. The summed E-state index contributed by atoms with van der Waals surface area (Å²) in [6.45, 7) is 8.85. The fourth-order valence-corrected chi connectivity index (χ4v) is 5.96. The summed E-state index contributed by atoms with van der Waals surface area (Å²) in [5.41, 5.74) is 13.5. The molecule has 1 amide bonds. The van der Waals surface area contributed by atoms with Crippen molar-refractivity contribution < 1.29 is 50.9 Å². The molecular formula is C30H41F6N7O5. The third kappa shape index (κ3) is 12.7. The lowest BCUT2D eigenvalue weighted by molar-refractivity contribution is -0.193. The van der Waals surface area contributed by atoms with E-state index in [0.29, 0.717) is 11.7 Å². The van der Waals surface area contributed by atoms with Gasteiger partial charge in [-0.05, 0) is 62.5 Å². The first-order valence-electron chi connectivity index (χ1n) is 15.0. The van der Waals surface area contributed by atoms with E-state index in [4.69, 9.17) is 36.3 Å². The Labute approximate surface area is 272 Å². The van der Waals surface area contributed by atoms with Crippen molar-refractivity contribution in [1.82, 2.24) is 15.3 Å². The van der Waals surface area contributed by atoms with Crippen molar-refractivity contribution >= 4 is 40.5 Å². The number of nitrogens with zero attached hydrogens (tertiary/aromatic N) is 3. The van der Waals surface area contributed by atoms with Crippen LogP contribution in [0.1, 0.15) is 81.9 Å². The zero-order chi connectivity index (χ0) is 36.6. The number of carboxylic acids is 2. The van der Waals surface area contributed by atoms with E-state index in [2.05, 4.69) is 47.4 Å². The number of aryl methyl sites for hydroxylation is 1. The Hall–Kier alpha value is -4.38. The fourth-order valence-electron chi connectivity index (χ4n) is 5.96. The fraction of sp³-hybridized carbons (Fsp3) is 0.600. The van der Waals surface area contributed by atoms with Gasteiger partial charge in [0.1, 0.15) is 5.82 Å². The Kier molecular flexibility index (Phi) is 13.4. The number of fused-ring (bicyclic) bond motifs is 1. The average Bonchev–Trinajstić information content (AvgIpc) is 2.92. The van der Waals surface area contributed by atoms with Crippen molar-refractivity contribution in [1.29, 1.82) is 0 Å². The van der Waals surface area contributed by atoms with E-state index < -0.39 is 24.3 Å². The zero-order valence-corrected chi connectivity index (χ0v) is 26.9. The first-order valence-corrected chi connectivity index (χ1v) is 15.0. The number of carbonyl (C=O) groups is 3. The first kappa shape index (κ1) is 39.8. The summed E-state index contributed by atoms with van der Waals surface area (Å²) in [4.78, 5) is 44.9. The number of carbonyl (C=O) groups excluding carboxylic acids is 1. The topological polar surface area (TPSA) is 206 Å². The summed E-state index contributed by atoms with van der Waals surface area (Å²) in [5.74, 6) is -4.19. The lowest BCUT2D eigenvalue weighted by Crippen LogP contribution is -2.43. The molecule has 0 radical (unpaired) electrons. The van der Waals surface area contributed by atoms with Crippen molar-refractivity contribution in [3.8, 4) is 0 Å². The standard InChI is InChI=1S/C26H39N7O.2C2HF3O2/c1-15-9-10-19-18(12-15)22(31-20-7-5-6-8-21(20)32-25(27)28)33-23(30-19)24(34)29-17-11-16(2)13-26(3,4)14-17;2*3-2(4,5)1(6)7/h9-10,12,16-17,20-21H,5-8,11,13-14H2,1-4H3,(H,29,34)(H4,27,28,32)(H,30,31,33);2*(H,6,7). The van der Waals surface area contributed by atoms with Crippen LogP contribution >= 0.6 is 0 Å². The zero-order valence-electron chi connectivity index (χ0n) is 26.9. The highest BCUT2D eigenvalue weighted by Gasteiger charge is 2.39. The maximum atomic E-state index is 13.3. The molecule has 4 atom stereocenters. The largest absolute Gasteiger partial charge is 0.490 e. The lowest BCUT2D eigenvalue weighted by atomic mass is 9.70. The van der Waals surface area contributed by atoms with Gasteiger partial charge < -0.3 is 32.3 Å². The smallest absolute Gasteiger partial charge is 0.475 e. The van der Waals surface area contributed by atoms with Crippen LogP contribution in [0.3, 0.4) is 0 Å². The molecule has 268 valence electrons. The highest BCUT2D eigenvalue weighted by molar-refractivity contribution is 5.97. The number of aliphatic imine (C=N–C) groups is 1. The molecule has 18 heteroatoms. The van der Waals surface area contributed by atoms with Crippen LogP contribution in [0.15, 0.2) is 23.2 Å². The number of benzene rings is 1. The van der Waals surface area contributed by atoms with Crippen molar-refractivity contribution in [3.05, 3.63) is 29.6 Å². The summed E-state index contributed by atoms with van der Waals surface area (Å²) in [5, 5.41) is 21.9. The van der Waals surface area contributed by atoms with Crippen molar-refractivity contribution in [3.63, 3.8) is 0 Å². The molecule has 0 saturated heterocycles. The predicted octanol–water partition coefficient (Wildman–Crippen LogP) is 5.15. The number of hydrogen-bond donors (Lipinski definition) is 6. The van der Waals surface area contributed by atoms with Gasteiger partial charge in [0.25, 0.3) is 5.91 Å². The Morgan fingerprint density at radius 1 is 0.958 bits per heavy atom. The predicted molar refractivity (Wildman–Crippen MR) is 165 cm³/mol. The Balaban J connectivity index is 0.000000479. The van der Waals surface area contributed by atoms with Crippen LogP contribution < -0.4 is 22.1 Å². The first-order chi connectivity index (χ1) is 22.0. The number of nitrogens with two attached hydrogens (primary N) is 2. The molecule has 0 spiro atoms. The summed E-state index contributed by atoms with van der Waals surface area (Å²) in [7, 11) is 0. The molecular weight excluding hydrogens is 652 g/mol. The minimum absolute atomic E-state index is 0.0168. The van der Waals surface area contributed by atoms with Gasteiger partial charge >= 0.3 is 24.3 Å². The van der Waals surface area contributed by atoms with Crippen LogP contribution in [-0.4, -0.2) is 74.5 Å². The van der Waals surface area contributed by atoms with Gasteiger partial charge in [-0.15, -0.1) is 0 Å². The number of alkyl halides is 6. The number of aromatic nitrogens is 2. The van der Waals surface area contributed by atoms with Crippen LogP contribution in [0.5, 0.6) is 0 Å². The normalized spacial score (nSPS) is 22.1. The number of amides is 1. The van der Waals surface area contributed by atoms with E-state index in [1.165, 1.54) is 6.42 Å². The number of hydrogen-bond acceptors (Lipinski definition) is 7. The van der Waals surface area contributed by atoms with Gasteiger partial charge in [-0.1, -0.05) is 45.2 Å². The van der Waals surface area contributed by atoms with Crippen molar-refractivity contribution in [2.24, 2.45) is 27.8 Å². The van der Waals surface area contributed by atoms with Crippen LogP contribution in [0.4, 0.5) is 32.2 Å². The third-order valence-electron chi connectivity index (χ3n) is 7.63. The summed E-state index contributed by atoms with van der Waals surface area (Å²) in [6, 6.07) is 6.18. The second kappa shape index (κ2) is 16.1. The van der Waals surface area contributed by atoms with Crippen molar-refractivity contribution in [2.45, 2.75) is 103 Å². The maximum Gasteiger partial charge on any atom is 0.490 e. The third-order valence-corrected chi connectivity index (χ3v) is 7.63. The highest BCUT2D eigenvalue weighted by atomic mass is 19.4. The molecule has 2 aromatic rings. The van der Waals surface area contributed by atoms with Gasteiger partial charge in [-0.25, -0.2) is 24.5 Å². The van der Waals surface area contributed by atoms with Gasteiger partial charge in [0.05, 0.1) is 17.6 Å². The molecule has 1 aromatic carbocycles. The lowest BCUT2D eigenvalue weighted by Gasteiger charge is -2.39. The van der Waals surface area contributed by atoms with Crippen LogP contribution in [0.2, 0.25) is 0 Å². The molecule has 2 aliphatic carbocycles. The van der Waals surface area contributed by atoms with E-state index in [9.17, 15) is 31.1 Å². The van der Waals surface area contributed by atoms with Crippen LogP contribution in [0.25, 0.3) is 10.9 Å². The molecule has 0 bridgehead atoms. The molecule has 1 aromatic heterocycles. The average molecular weight is 694 g/mol. The Bertz CT molecular complexity index is 1450. The molecule has 8 N–H and O–H groups in total. The van der Waals surface area contributed by atoms with Gasteiger partial charge in [0, 0.05) is 11.4 Å². The number of halogens is 6. The maximum absolute atomic E-state index is 13.3. The number of guanidine groups is 1. The summed E-state index contributed by atoms with van der Waals surface area (Å²) >= 11 is 0. The molecule has 0 aliphatic heterocycles. The number of aliphatic carboxylic acids is 2. The minimum atomic E-state index is -5.08. The molecule has 2 fully saturated rings. The van der Waals surface area contributed by atoms with Crippen LogP contribution in [-0.2, 0) is 9.59 Å². The van der Waals surface area contributed by atoms with E-state index in [1.807, 2.05) is 19.1 Å². The number of rotatable bonds is 5. The van der Waals surface area contributed by atoms with Gasteiger partial charge in [0.15, 0.2) is 5.96 Å². The summed E-state index contributed by atoms with van der Waals surface area (Å²) in [6.07, 6.45) is -3.00. The number of carboxylic acid groups (broad SMARTS) is 2. The van der Waals surface area contributed by atoms with Crippen molar-refractivity contribution in [2.75, 3.05) is 5.32 Å². The number of nitrogens with one attached hydrogen (secondary N) is 2. The quantitative estimate of drug-likeness (QED) is 0.138.